The van der Waals surface area contributed by atoms with Crippen LogP contribution >= 0.6 is 0 Å². The quantitative estimate of drug-likeness (QED) is 0.822. The number of nitrogens with two attached hydrogens (primary N) is 1. The summed E-state index contributed by atoms with van der Waals surface area (Å²) in [7, 11) is -2.00. The maximum atomic E-state index is 11.5. The molecule has 1 spiro atoms. The maximum absolute atomic E-state index is 11.5. The summed E-state index contributed by atoms with van der Waals surface area (Å²) in [5.74, 6) is 1.83. The molecule has 2 aromatic rings. The number of hydrogen-bond acceptors (Lipinski definition) is 5. The van der Waals surface area contributed by atoms with E-state index >= 15 is 0 Å². The number of sulfonamides is 1. The number of aromatic nitrogens is 2. The van der Waals surface area contributed by atoms with Crippen LogP contribution in [-0.4, -0.2) is 25.5 Å². The van der Waals surface area contributed by atoms with Crippen LogP contribution in [0.15, 0.2) is 41.7 Å². The number of aryl methyl sites for hydroxylation is 1. The Morgan fingerprint density at radius 3 is 2.56 bits per heavy atom. The van der Waals surface area contributed by atoms with Crippen molar-refractivity contribution in [2.75, 3.05) is 7.11 Å². The first-order valence-electron chi connectivity index (χ1n) is 9.41. The molecule has 27 heavy (non-hydrogen) atoms. The van der Waals surface area contributed by atoms with Gasteiger partial charge in [-0.25, -0.2) is 23.5 Å². The van der Waals surface area contributed by atoms with Gasteiger partial charge in [-0.2, -0.15) is 0 Å². The highest BCUT2D eigenvalue weighted by molar-refractivity contribution is 7.89. The first-order valence-corrected chi connectivity index (χ1v) is 11.0. The summed E-state index contributed by atoms with van der Waals surface area (Å²) in [6.07, 6.45) is 10.3. The Morgan fingerprint density at radius 2 is 1.93 bits per heavy atom. The van der Waals surface area contributed by atoms with E-state index in [1.807, 2.05) is 12.1 Å². The van der Waals surface area contributed by atoms with E-state index < -0.39 is 10.0 Å². The van der Waals surface area contributed by atoms with Gasteiger partial charge in [0.15, 0.2) is 5.75 Å². The highest BCUT2D eigenvalue weighted by Gasteiger charge is 2.64. The molecule has 0 amide bonds. The third kappa shape index (κ3) is 3.34. The Morgan fingerprint density at radius 1 is 1.22 bits per heavy atom. The Bertz CT molecular complexity index is 922. The normalized spacial score (nSPS) is 23.5. The molecule has 2 atom stereocenters. The van der Waals surface area contributed by atoms with Gasteiger partial charge in [0.25, 0.3) is 0 Å². The second-order valence-corrected chi connectivity index (χ2v) is 9.28. The fraction of sp³-hybridized carbons (Fsp3) is 0.500. The molecule has 2 unspecified atom stereocenters. The van der Waals surface area contributed by atoms with Crippen molar-refractivity contribution in [1.82, 2.24) is 9.97 Å². The standard InChI is InChI=1S/C20H25N3O3S/c1-26-18-12-22-13-23-17(18)9-8-16-19(20(16)10-2-3-11-20)14-4-6-15(7-5-14)27(21,24)25/h4-7,12-13,16,19H,2-3,8-11H2,1H3,(H2,21,24,25). The lowest BCUT2D eigenvalue weighted by Gasteiger charge is -2.09. The van der Waals surface area contributed by atoms with E-state index in [-0.39, 0.29) is 4.90 Å². The van der Waals surface area contributed by atoms with Gasteiger partial charge in [0.2, 0.25) is 10.0 Å². The van der Waals surface area contributed by atoms with Crippen molar-refractivity contribution in [1.29, 1.82) is 0 Å². The van der Waals surface area contributed by atoms with Crippen molar-refractivity contribution >= 4 is 10.0 Å². The first-order chi connectivity index (χ1) is 13.0. The van der Waals surface area contributed by atoms with Crippen LogP contribution in [0.3, 0.4) is 0 Å². The van der Waals surface area contributed by atoms with Crippen LogP contribution in [0.4, 0.5) is 0 Å². The van der Waals surface area contributed by atoms with Crippen LogP contribution in [0, 0.1) is 11.3 Å². The summed E-state index contributed by atoms with van der Waals surface area (Å²) >= 11 is 0. The summed E-state index contributed by atoms with van der Waals surface area (Å²) in [6, 6.07) is 7.15. The van der Waals surface area contributed by atoms with E-state index in [0.717, 1.165) is 24.3 Å². The van der Waals surface area contributed by atoms with Crippen LogP contribution in [0.25, 0.3) is 0 Å². The van der Waals surface area contributed by atoms with Crippen molar-refractivity contribution in [3.63, 3.8) is 0 Å². The van der Waals surface area contributed by atoms with E-state index in [2.05, 4.69) is 9.97 Å². The van der Waals surface area contributed by atoms with E-state index in [1.165, 1.54) is 31.2 Å². The lowest BCUT2D eigenvalue weighted by atomic mass is 9.96. The molecule has 2 saturated carbocycles. The zero-order valence-electron chi connectivity index (χ0n) is 15.5. The molecule has 2 aliphatic carbocycles. The number of rotatable bonds is 6. The molecular weight excluding hydrogens is 362 g/mol. The van der Waals surface area contributed by atoms with Crippen molar-refractivity contribution in [2.45, 2.75) is 49.3 Å². The highest BCUT2D eigenvalue weighted by atomic mass is 32.2. The summed E-state index contributed by atoms with van der Waals surface area (Å²) in [4.78, 5) is 8.58. The van der Waals surface area contributed by atoms with E-state index in [9.17, 15) is 8.42 Å². The molecule has 1 heterocycles. The minimum Gasteiger partial charge on any atom is -0.493 e. The zero-order valence-corrected chi connectivity index (χ0v) is 16.3. The molecule has 1 aromatic heterocycles. The second kappa shape index (κ2) is 6.87. The smallest absolute Gasteiger partial charge is 0.238 e. The van der Waals surface area contributed by atoms with Crippen LogP contribution in [0.2, 0.25) is 0 Å². The number of primary sulfonamides is 1. The maximum Gasteiger partial charge on any atom is 0.238 e. The molecule has 2 aliphatic rings. The second-order valence-electron chi connectivity index (χ2n) is 7.71. The first kappa shape index (κ1) is 18.4. The van der Waals surface area contributed by atoms with Crippen molar-refractivity contribution < 1.29 is 13.2 Å². The molecule has 1 aromatic carbocycles. The molecular formula is C20H25N3O3S. The van der Waals surface area contributed by atoms with Gasteiger partial charge in [-0.3, -0.25) is 0 Å². The van der Waals surface area contributed by atoms with Crippen molar-refractivity contribution in [2.24, 2.45) is 16.5 Å². The third-order valence-electron chi connectivity index (χ3n) is 6.42. The van der Waals surface area contributed by atoms with E-state index in [0.29, 0.717) is 17.3 Å². The molecule has 0 saturated heterocycles. The largest absolute Gasteiger partial charge is 0.493 e. The summed E-state index contributed by atoms with van der Waals surface area (Å²) < 4.78 is 28.4. The predicted molar refractivity (Wildman–Crippen MR) is 102 cm³/mol. The highest BCUT2D eigenvalue weighted by Crippen LogP contribution is 2.73. The van der Waals surface area contributed by atoms with Crippen LogP contribution < -0.4 is 9.88 Å². The Hall–Kier alpha value is -1.99. The van der Waals surface area contributed by atoms with Crippen molar-refractivity contribution in [3.05, 3.63) is 48.0 Å². The van der Waals surface area contributed by atoms with Gasteiger partial charge in [-0.15, -0.1) is 0 Å². The number of benzene rings is 1. The number of methoxy groups -OCH3 is 1. The van der Waals surface area contributed by atoms with Gasteiger partial charge in [0.05, 0.1) is 23.9 Å². The van der Waals surface area contributed by atoms with Crippen molar-refractivity contribution in [3.8, 4) is 5.75 Å². The minimum atomic E-state index is -3.65. The number of ether oxygens (including phenoxy) is 1. The van der Waals surface area contributed by atoms with Crippen LogP contribution in [0.5, 0.6) is 5.75 Å². The molecule has 0 aliphatic heterocycles. The monoisotopic (exact) mass is 387 g/mol. The van der Waals surface area contributed by atoms with Gasteiger partial charge in [0.1, 0.15) is 6.33 Å². The van der Waals surface area contributed by atoms with Gasteiger partial charge >= 0.3 is 0 Å². The molecule has 0 bridgehead atoms. The average molecular weight is 388 g/mol. The summed E-state index contributed by atoms with van der Waals surface area (Å²) in [5, 5.41) is 5.23. The molecule has 144 valence electrons. The van der Waals surface area contributed by atoms with Crippen LogP contribution in [0.1, 0.15) is 49.3 Å². The van der Waals surface area contributed by atoms with Gasteiger partial charge < -0.3 is 4.74 Å². The molecule has 2 N–H and O–H groups in total. The molecule has 6 nitrogen and oxygen atoms in total. The van der Waals surface area contributed by atoms with E-state index in [1.54, 1.807) is 31.8 Å². The Balaban J connectivity index is 1.53. The predicted octanol–water partition coefficient (Wildman–Crippen LogP) is 3.04. The number of nitrogens with zero attached hydrogens (tertiary/aromatic N) is 2. The zero-order chi connectivity index (χ0) is 19.1. The Labute approximate surface area is 160 Å². The average Bonchev–Trinajstić information content (AvgIpc) is 3.00. The fourth-order valence-corrected chi connectivity index (χ4v) is 5.68. The van der Waals surface area contributed by atoms with Crippen LogP contribution in [-0.2, 0) is 16.4 Å². The fourth-order valence-electron chi connectivity index (χ4n) is 5.17. The molecule has 2 fully saturated rings. The van der Waals surface area contributed by atoms with Gasteiger partial charge in [0, 0.05) is 0 Å². The Kier molecular flexibility index (Phi) is 4.68. The molecule has 0 radical (unpaired) electrons. The van der Waals surface area contributed by atoms with Gasteiger partial charge in [-0.05, 0) is 60.6 Å². The lowest BCUT2D eigenvalue weighted by Crippen LogP contribution is -2.11. The van der Waals surface area contributed by atoms with E-state index in [4.69, 9.17) is 9.88 Å². The topological polar surface area (TPSA) is 95.2 Å². The SMILES string of the molecule is COc1cncnc1CCC1C(c2ccc(S(N)(=O)=O)cc2)C12CCCC2. The lowest BCUT2D eigenvalue weighted by molar-refractivity contribution is 0.400. The minimum absolute atomic E-state index is 0.176. The molecule has 4 rings (SSSR count). The number of hydrogen-bond donors (Lipinski definition) is 1. The van der Waals surface area contributed by atoms with Gasteiger partial charge in [-0.1, -0.05) is 25.0 Å². The summed E-state index contributed by atoms with van der Waals surface area (Å²) in [5.41, 5.74) is 2.54. The summed E-state index contributed by atoms with van der Waals surface area (Å²) in [6.45, 7) is 0. The third-order valence-corrected chi connectivity index (χ3v) is 7.35. The molecule has 7 heteroatoms.